The van der Waals surface area contributed by atoms with E-state index in [0.717, 1.165) is 11.1 Å². The molecule has 3 aromatic carbocycles. The molecule has 3 N–H and O–H groups in total. The lowest BCUT2D eigenvalue weighted by Gasteiger charge is -2.14. The number of nitrogens with two attached hydrogens (primary N) is 1. The summed E-state index contributed by atoms with van der Waals surface area (Å²) in [5.41, 5.74) is 2.27. The molecule has 0 radical (unpaired) electrons. The van der Waals surface area contributed by atoms with Gasteiger partial charge < -0.3 is 10.1 Å². The van der Waals surface area contributed by atoms with Crippen molar-refractivity contribution in [1.82, 2.24) is 4.90 Å². The molecule has 0 unspecified atom stereocenters. The number of hydrogen-bond acceptors (Lipinski definition) is 7. The third-order valence-electron chi connectivity index (χ3n) is 5.31. The first-order chi connectivity index (χ1) is 17.7. The Labute approximate surface area is 224 Å². The van der Waals surface area contributed by atoms with E-state index in [1.165, 1.54) is 40.9 Å². The van der Waals surface area contributed by atoms with Gasteiger partial charge in [0.25, 0.3) is 5.91 Å². The second-order valence-corrected chi connectivity index (χ2v) is 11.3. The molecule has 2 amide bonds. The first kappa shape index (κ1) is 26.6. The molecular formula is C26H23N3O5S3. The van der Waals surface area contributed by atoms with Crippen molar-refractivity contribution in [3.05, 3.63) is 94.9 Å². The summed E-state index contributed by atoms with van der Waals surface area (Å²) in [5.74, 6) is 0.0717. The van der Waals surface area contributed by atoms with E-state index in [4.69, 9.17) is 22.1 Å². The maximum atomic E-state index is 12.9. The summed E-state index contributed by atoms with van der Waals surface area (Å²) in [7, 11) is -3.81. The molecule has 4 rings (SSSR count). The van der Waals surface area contributed by atoms with Crippen molar-refractivity contribution in [2.45, 2.75) is 17.9 Å². The molecule has 11 heteroatoms. The van der Waals surface area contributed by atoms with Crippen LogP contribution in [0.2, 0.25) is 0 Å². The molecule has 8 nitrogen and oxygen atoms in total. The number of primary sulfonamides is 1. The highest BCUT2D eigenvalue weighted by atomic mass is 32.2. The topological polar surface area (TPSA) is 119 Å². The lowest BCUT2D eigenvalue weighted by Crippen LogP contribution is -2.31. The molecule has 37 heavy (non-hydrogen) atoms. The van der Waals surface area contributed by atoms with Crippen molar-refractivity contribution >= 4 is 61.9 Å². The van der Waals surface area contributed by atoms with E-state index < -0.39 is 10.0 Å². The number of rotatable bonds is 9. The highest BCUT2D eigenvalue weighted by Gasteiger charge is 2.32. The molecule has 190 valence electrons. The van der Waals surface area contributed by atoms with Crippen molar-refractivity contribution < 1.29 is 22.7 Å². The monoisotopic (exact) mass is 553 g/mol. The van der Waals surface area contributed by atoms with E-state index in [1.54, 1.807) is 6.08 Å². The summed E-state index contributed by atoms with van der Waals surface area (Å²) in [6.07, 6.45) is 1.77. The normalized spacial score (nSPS) is 14.7. The van der Waals surface area contributed by atoms with Gasteiger partial charge in [-0.3, -0.25) is 14.5 Å². The second kappa shape index (κ2) is 11.7. The van der Waals surface area contributed by atoms with Crippen LogP contribution in [0.3, 0.4) is 0 Å². The molecule has 0 saturated carbocycles. The average molecular weight is 554 g/mol. The number of thioether (sulfide) groups is 1. The average Bonchev–Trinajstić information content (AvgIpc) is 3.14. The minimum Gasteiger partial charge on any atom is -0.489 e. The molecular weight excluding hydrogens is 531 g/mol. The number of carbonyl (C=O) groups excluding carboxylic acids is 2. The quantitative estimate of drug-likeness (QED) is 0.302. The molecule has 3 aromatic rings. The van der Waals surface area contributed by atoms with Gasteiger partial charge in [-0.1, -0.05) is 66.4 Å². The van der Waals surface area contributed by atoms with E-state index in [-0.39, 0.29) is 29.7 Å². The molecule has 1 aliphatic heterocycles. The highest BCUT2D eigenvalue weighted by molar-refractivity contribution is 8.26. The van der Waals surface area contributed by atoms with Crippen LogP contribution in [0.1, 0.15) is 17.5 Å². The number of amides is 2. The van der Waals surface area contributed by atoms with Crippen LogP contribution in [0.4, 0.5) is 5.69 Å². The maximum absolute atomic E-state index is 12.9. The molecule has 0 bridgehead atoms. The van der Waals surface area contributed by atoms with Crippen LogP contribution in [0, 0.1) is 0 Å². The minimum atomic E-state index is -3.81. The van der Waals surface area contributed by atoms with E-state index in [0.29, 0.717) is 27.3 Å². The summed E-state index contributed by atoms with van der Waals surface area (Å²) in [5, 5.41) is 7.74. The summed E-state index contributed by atoms with van der Waals surface area (Å²) in [6.45, 7) is 0.550. The van der Waals surface area contributed by atoms with Gasteiger partial charge in [0.15, 0.2) is 0 Å². The number of carbonyl (C=O) groups is 2. The summed E-state index contributed by atoms with van der Waals surface area (Å²) >= 11 is 6.55. The van der Waals surface area contributed by atoms with Crippen LogP contribution in [0.25, 0.3) is 6.08 Å². The van der Waals surface area contributed by atoms with Gasteiger partial charge in [0.2, 0.25) is 15.9 Å². The fraction of sp³-hybridized carbons (Fsp3) is 0.115. The number of nitrogens with zero attached hydrogens (tertiary/aromatic N) is 1. The summed E-state index contributed by atoms with van der Waals surface area (Å²) < 4.78 is 28.9. The fourth-order valence-electron chi connectivity index (χ4n) is 3.44. The molecule has 1 saturated heterocycles. The Bertz CT molecular complexity index is 1460. The molecule has 1 heterocycles. The van der Waals surface area contributed by atoms with Gasteiger partial charge in [0.1, 0.15) is 16.7 Å². The molecule has 0 atom stereocenters. The number of anilines is 1. The number of ether oxygens (including phenoxy) is 1. The van der Waals surface area contributed by atoms with Crippen molar-refractivity contribution in [3.63, 3.8) is 0 Å². The third-order valence-corrected chi connectivity index (χ3v) is 7.61. The van der Waals surface area contributed by atoms with Crippen molar-refractivity contribution in [3.8, 4) is 5.75 Å². The zero-order valence-electron chi connectivity index (χ0n) is 19.5. The first-order valence-corrected chi connectivity index (χ1v) is 13.9. The number of thiocarbonyl (C=S) groups is 1. The Kier molecular flexibility index (Phi) is 8.39. The number of sulfonamides is 1. The summed E-state index contributed by atoms with van der Waals surface area (Å²) in [4.78, 5) is 27.1. The molecule has 1 aliphatic rings. The lowest BCUT2D eigenvalue weighted by molar-refractivity contribution is -0.122. The van der Waals surface area contributed by atoms with Crippen LogP contribution in [-0.4, -0.2) is 36.0 Å². The molecule has 0 spiro atoms. The van der Waals surface area contributed by atoms with Crippen LogP contribution in [-0.2, 0) is 26.2 Å². The molecule has 1 fully saturated rings. The van der Waals surface area contributed by atoms with E-state index >= 15 is 0 Å². The predicted octanol–water partition coefficient (Wildman–Crippen LogP) is 4.14. The van der Waals surface area contributed by atoms with Gasteiger partial charge in [-0.15, -0.1) is 0 Å². The van der Waals surface area contributed by atoms with Crippen molar-refractivity contribution in [1.29, 1.82) is 0 Å². The van der Waals surface area contributed by atoms with Gasteiger partial charge in [0, 0.05) is 18.7 Å². The number of hydrogen-bond donors (Lipinski definition) is 2. The molecule has 0 aromatic heterocycles. The molecule has 0 aliphatic carbocycles. The van der Waals surface area contributed by atoms with Gasteiger partial charge in [-0.2, -0.15) is 0 Å². The zero-order chi connectivity index (χ0) is 26.4. The number of benzene rings is 3. The van der Waals surface area contributed by atoms with E-state index in [2.05, 4.69) is 5.32 Å². The van der Waals surface area contributed by atoms with Crippen LogP contribution >= 0.6 is 24.0 Å². The van der Waals surface area contributed by atoms with Crippen LogP contribution < -0.4 is 15.2 Å². The van der Waals surface area contributed by atoms with Gasteiger partial charge >= 0.3 is 0 Å². The Morgan fingerprint density at radius 3 is 2.49 bits per heavy atom. The van der Waals surface area contributed by atoms with Gasteiger partial charge in [-0.05, 0) is 53.6 Å². The standard InChI is InChI=1S/C26H23N3O5S3/c27-37(32,33)22-11-9-20(10-12-22)28-24(30)13-14-29-25(31)23(36-26(29)35)16-19-7-4-8-21(15-19)34-17-18-5-2-1-3-6-18/h1-12,15-16H,13-14,17H2,(H,28,30)(H2,27,32,33)/b23-16-. The predicted molar refractivity (Wildman–Crippen MR) is 148 cm³/mol. The minimum absolute atomic E-state index is 0.0134. The highest BCUT2D eigenvalue weighted by Crippen LogP contribution is 2.33. The number of nitrogens with one attached hydrogen (secondary N) is 1. The van der Waals surface area contributed by atoms with Crippen LogP contribution in [0.5, 0.6) is 5.75 Å². The van der Waals surface area contributed by atoms with E-state index in [9.17, 15) is 18.0 Å². The summed E-state index contributed by atoms with van der Waals surface area (Å²) in [6, 6.07) is 22.8. The Hall–Kier alpha value is -3.51. The smallest absolute Gasteiger partial charge is 0.266 e. The zero-order valence-corrected chi connectivity index (χ0v) is 21.9. The Morgan fingerprint density at radius 1 is 1.05 bits per heavy atom. The van der Waals surface area contributed by atoms with Gasteiger partial charge in [-0.25, -0.2) is 13.6 Å². The van der Waals surface area contributed by atoms with E-state index in [1.807, 2.05) is 54.6 Å². The third kappa shape index (κ3) is 7.26. The van der Waals surface area contributed by atoms with Crippen molar-refractivity contribution in [2.24, 2.45) is 5.14 Å². The SMILES string of the molecule is NS(=O)(=O)c1ccc(NC(=O)CCN2C(=O)/C(=C/c3cccc(OCc4ccccc4)c3)SC2=S)cc1. The Balaban J connectivity index is 1.33. The fourth-order valence-corrected chi connectivity index (χ4v) is 5.27. The van der Waals surface area contributed by atoms with Gasteiger partial charge in [0.05, 0.1) is 9.80 Å². The maximum Gasteiger partial charge on any atom is 0.266 e. The second-order valence-electron chi connectivity index (χ2n) is 8.05. The Morgan fingerprint density at radius 2 is 1.78 bits per heavy atom. The lowest BCUT2D eigenvalue weighted by atomic mass is 10.2. The first-order valence-electron chi connectivity index (χ1n) is 11.1. The largest absolute Gasteiger partial charge is 0.489 e. The van der Waals surface area contributed by atoms with Crippen molar-refractivity contribution in [2.75, 3.05) is 11.9 Å². The van der Waals surface area contributed by atoms with Crippen LogP contribution in [0.15, 0.2) is 88.7 Å².